The zero-order valence-electron chi connectivity index (χ0n) is 12.8. The third kappa shape index (κ3) is 3.19. The number of aromatic nitrogens is 2. The van der Waals surface area contributed by atoms with Crippen molar-refractivity contribution in [2.75, 3.05) is 25.1 Å². The van der Waals surface area contributed by atoms with Crippen LogP contribution in [0.5, 0.6) is 0 Å². The number of hydrogen-bond donors (Lipinski definition) is 1. The molecular formula is C17H21N3OS. The van der Waals surface area contributed by atoms with E-state index < -0.39 is 0 Å². The smallest absolute Gasteiger partial charge is 0.254 e. The molecule has 1 aromatic carbocycles. The number of carbonyl (C=O) groups is 1. The lowest BCUT2D eigenvalue weighted by Crippen LogP contribution is -2.40. The Morgan fingerprint density at radius 2 is 2.32 bits per heavy atom. The predicted octanol–water partition coefficient (Wildman–Crippen LogP) is 3.29. The van der Waals surface area contributed by atoms with Crippen molar-refractivity contribution in [3.8, 4) is 11.4 Å². The molecule has 1 aliphatic heterocycles. The number of piperidine rings is 1. The fourth-order valence-corrected chi connectivity index (χ4v) is 3.82. The van der Waals surface area contributed by atoms with Gasteiger partial charge < -0.3 is 9.88 Å². The van der Waals surface area contributed by atoms with Crippen molar-refractivity contribution in [3.05, 3.63) is 42.2 Å². The van der Waals surface area contributed by atoms with Gasteiger partial charge in [-0.05, 0) is 36.8 Å². The SMILES string of the molecule is CSC[C@@H]1CCCN(C(=O)c2ccccc2-c2ncc[nH]2)C1. The molecular weight excluding hydrogens is 294 g/mol. The molecule has 22 heavy (non-hydrogen) atoms. The summed E-state index contributed by atoms with van der Waals surface area (Å²) in [5.74, 6) is 2.62. The average molecular weight is 315 g/mol. The molecule has 1 aliphatic rings. The van der Waals surface area contributed by atoms with Crippen LogP contribution in [0.2, 0.25) is 0 Å². The standard InChI is InChI=1S/C17H21N3OS/c1-22-12-13-5-4-10-20(11-13)17(21)15-7-3-2-6-14(15)16-18-8-9-19-16/h2-3,6-9,13H,4-5,10-12H2,1H3,(H,18,19)/t13-/m1/s1. The second-order valence-corrected chi connectivity index (χ2v) is 6.61. The van der Waals surface area contributed by atoms with Gasteiger partial charge >= 0.3 is 0 Å². The van der Waals surface area contributed by atoms with Gasteiger partial charge in [0.15, 0.2) is 0 Å². The Hall–Kier alpha value is -1.75. The highest BCUT2D eigenvalue weighted by molar-refractivity contribution is 7.98. The van der Waals surface area contributed by atoms with E-state index in [-0.39, 0.29) is 5.91 Å². The Balaban J connectivity index is 1.83. The number of thioether (sulfide) groups is 1. The summed E-state index contributed by atoms with van der Waals surface area (Å²) in [4.78, 5) is 22.3. The van der Waals surface area contributed by atoms with Crippen LogP contribution in [0.3, 0.4) is 0 Å². The predicted molar refractivity (Wildman–Crippen MR) is 91.0 cm³/mol. The van der Waals surface area contributed by atoms with Crippen LogP contribution in [0.1, 0.15) is 23.2 Å². The highest BCUT2D eigenvalue weighted by Gasteiger charge is 2.26. The fourth-order valence-electron chi connectivity index (χ4n) is 3.08. The van der Waals surface area contributed by atoms with Gasteiger partial charge in [-0.1, -0.05) is 18.2 Å². The summed E-state index contributed by atoms with van der Waals surface area (Å²) in [6, 6.07) is 7.72. The summed E-state index contributed by atoms with van der Waals surface area (Å²) in [6.45, 7) is 1.72. The molecule has 1 saturated heterocycles. The number of benzene rings is 1. The Morgan fingerprint density at radius 3 is 3.09 bits per heavy atom. The first-order valence-corrected chi connectivity index (χ1v) is 9.06. The summed E-state index contributed by atoms with van der Waals surface area (Å²) >= 11 is 1.87. The number of nitrogens with one attached hydrogen (secondary N) is 1. The van der Waals surface area contributed by atoms with Crippen molar-refractivity contribution in [2.45, 2.75) is 12.8 Å². The van der Waals surface area contributed by atoms with Crippen molar-refractivity contribution in [1.82, 2.24) is 14.9 Å². The van der Waals surface area contributed by atoms with E-state index in [4.69, 9.17) is 0 Å². The van der Waals surface area contributed by atoms with Crippen LogP contribution in [0.15, 0.2) is 36.7 Å². The van der Waals surface area contributed by atoms with Gasteiger partial charge in [0.25, 0.3) is 5.91 Å². The molecule has 0 saturated carbocycles. The monoisotopic (exact) mass is 315 g/mol. The van der Waals surface area contributed by atoms with Crippen LogP contribution in [-0.2, 0) is 0 Å². The largest absolute Gasteiger partial charge is 0.345 e. The lowest BCUT2D eigenvalue weighted by molar-refractivity contribution is 0.0686. The van der Waals surface area contributed by atoms with E-state index in [0.29, 0.717) is 5.92 Å². The molecule has 5 heteroatoms. The third-order valence-electron chi connectivity index (χ3n) is 4.12. The summed E-state index contributed by atoms with van der Waals surface area (Å²) in [6.07, 6.45) is 7.95. The maximum atomic E-state index is 12.9. The van der Waals surface area contributed by atoms with E-state index in [1.54, 1.807) is 12.4 Å². The Bertz CT molecular complexity index is 625. The van der Waals surface area contributed by atoms with Gasteiger partial charge in [-0.3, -0.25) is 4.79 Å². The van der Waals surface area contributed by atoms with Crippen LogP contribution in [-0.4, -0.2) is 45.9 Å². The van der Waals surface area contributed by atoms with E-state index >= 15 is 0 Å². The fraction of sp³-hybridized carbons (Fsp3) is 0.412. The summed E-state index contributed by atoms with van der Waals surface area (Å²) in [7, 11) is 0. The first-order chi connectivity index (χ1) is 10.8. The minimum Gasteiger partial charge on any atom is -0.345 e. The number of carbonyl (C=O) groups excluding carboxylic acids is 1. The van der Waals surface area contributed by atoms with Crippen LogP contribution in [0.4, 0.5) is 0 Å². The minimum atomic E-state index is 0.123. The van der Waals surface area contributed by atoms with Crippen molar-refractivity contribution >= 4 is 17.7 Å². The van der Waals surface area contributed by atoms with Crippen molar-refractivity contribution < 1.29 is 4.79 Å². The van der Waals surface area contributed by atoms with Crippen molar-refractivity contribution in [2.24, 2.45) is 5.92 Å². The molecule has 1 aromatic heterocycles. The normalized spacial score (nSPS) is 18.4. The van der Waals surface area contributed by atoms with Crippen LogP contribution >= 0.6 is 11.8 Å². The van der Waals surface area contributed by atoms with Crippen LogP contribution < -0.4 is 0 Å². The van der Waals surface area contributed by atoms with Gasteiger partial charge in [0, 0.05) is 31.0 Å². The quantitative estimate of drug-likeness (QED) is 0.942. The third-order valence-corrected chi connectivity index (χ3v) is 4.92. The molecule has 0 spiro atoms. The lowest BCUT2D eigenvalue weighted by atomic mass is 9.98. The number of aromatic amines is 1. The van der Waals surface area contributed by atoms with E-state index in [9.17, 15) is 4.79 Å². The Kier molecular flexibility index (Phi) is 4.83. The van der Waals surface area contributed by atoms with Crippen molar-refractivity contribution in [3.63, 3.8) is 0 Å². The van der Waals surface area contributed by atoms with Gasteiger partial charge in [0.2, 0.25) is 0 Å². The number of hydrogen-bond acceptors (Lipinski definition) is 3. The maximum Gasteiger partial charge on any atom is 0.254 e. The molecule has 0 bridgehead atoms. The molecule has 1 atom stereocenters. The number of rotatable bonds is 4. The van der Waals surface area contributed by atoms with E-state index in [1.165, 1.54) is 6.42 Å². The van der Waals surface area contributed by atoms with Gasteiger partial charge in [-0.25, -0.2) is 4.98 Å². The van der Waals surface area contributed by atoms with Gasteiger partial charge in [0.05, 0.1) is 5.56 Å². The summed E-state index contributed by atoms with van der Waals surface area (Å²) in [5, 5.41) is 0. The zero-order valence-corrected chi connectivity index (χ0v) is 13.6. The molecule has 3 rings (SSSR count). The molecule has 1 N–H and O–H groups in total. The molecule has 4 nitrogen and oxygen atoms in total. The molecule has 2 aromatic rings. The van der Waals surface area contributed by atoms with E-state index in [1.807, 2.05) is 40.9 Å². The number of H-pyrrole nitrogens is 1. The first-order valence-electron chi connectivity index (χ1n) is 7.66. The topological polar surface area (TPSA) is 49.0 Å². The van der Waals surface area contributed by atoms with Gasteiger partial charge in [-0.15, -0.1) is 0 Å². The van der Waals surface area contributed by atoms with E-state index in [2.05, 4.69) is 16.2 Å². The molecule has 1 fully saturated rings. The van der Waals surface area contributed by atoms with Crippen molar-refractivity contribution in [1.29, 1.82) is 0 Å². The number of likely N-dealkylation sites (tertiary alicyclic amines) is 1. The summed E-state index contributed by atoms with van der Waals surface area (Å²) < 4.78 is 0. The molecule has 0 unspecified atom stereocenters. The average Bonchev–Trinajstić information content (AvgIpc) is 3.09. The van der Waals surface area contributed by atoms with Gasteiger partial charge in [-0.2, -0.15) is 11.8 Å². The Morgan fingerprint density at radius 1 is 1.45 bits per heavy atom. The van der Waals surface area contributed by atoms with Crippen LogP contribution in [0, 0.1) is 5.92 Å². The Labute approximate surface area is 135 Å². The van der Waals surface area contributed by atoms with Gasteiger partial charge in [0.1, 0.15) is 5.82 Å². The van der Waals surface area contributed by atoms with Crippen LogP contribution in [0.25, 0.3) is 11.4 Å². The second kappa shape index (κ2) is 7.01. The maximum absolute atomic E-state index is 12.9. The number of amides is 1. The zero-order chi connectivity index (χ0) is 15.4. The van der Waals surface area contributed by atoms with E-state index in [0.717, 1.165) is 42.2 Å². The molecule has 0 radical (unpaired) electrons. The molecule has 116 valence electrons. The molecule has 1 amide bonds. The number of nitrogens with zero attached hydrogens (tertiary/aromatic N) is 2. The highest BCUT2D eigenvalue weighted by atomic mass is 32.2. The second-order valence-electron chi connectivity index (χ2n) is 5.70. The lowest BCUT2D eigenvalue weighted by Gasteiger charge is -2.33. The minimum absolute atomic E-state index is 0.123. The molecule has 2 heterocycles. The molecule has 0 aliphatic carbocycles. The number of imidazole rings is 1. The first kappa shape index (κ1) is 15.2. The highest BCUT2D eigenvalue weighted by Crippen LogP contribution is 2.25. The summed E-state index contributed by atoms with van der Waals surface area (Å²) in [5.41, 5.74) is 1.62.